The van der Waals surface area contributed by atoms with Crippen molar-refractivity contribution in [3.05, 3.63) is 53.3 Å². The predicted molar refractivity (Wildman–Crippen MR) is 75.6 cm³/mol. The van der Waals surface area contributed by atoms with Crippen LogP contribution >= 0.6 is 0 Å². The summed E-state index contributed by atoms with van der Waals surface area (Å²) in [5, 5.41) is 0. The second-order valence-corrected chi connectivity index (χ2v) is 6.37. The van der Waals surface area contributed by atoms with E-state index in [-0.39, 0.29) is 0 Å². The Morgan fingerprint density at radius 1 is 1.21 bits per heavy atom. The Morgan fingerprint density at radius 3 is 2.68 bits per heavy atom. The van der Waals surface area contributed by atoms with Crippen molar-refractivity contribution in [2.75, 3.05) is 6.54 Å². The number of rotatable bonds is 5. The molecule has 0 saturated carbocycles. The fourth-order valence-corrected chi connectivity index (χ4v) is 3.28. The predicted octanol–water partition coefficient (Wildman–Crippen LogP) is 2.15. The van der Waals surface area contributed by atoms with Crippen molar-refractivity contribution in [1.82, 2.24) is 9.71 Å². The maximum atomic E-state index is 12.2. The molecule has 2 aromatic rings. The lowest BCUT2D eigenvalue weighted by molar-refractivity contribution is 0.581. The zero-order valence-electron chi connectivity index (χ0n) is 11.1. The van der Waals surface area contributed by atoms with Crippen molar-refractivity contribution in [3.63, 3.8) is 0 Å². The normalized spacial score (nSPS) is 11.7. The zero-order valence-corrected chi connectivity index (χ0v) is 11.9. The van der Waals surface area contributed by atoms with Gasteiger partial charge in [-0.05, 0) is 49.1 Å². The first-order chi connectivity index (χ1) is 8.99. The Hall–Kier alpha value is -1.59. The van der Waals surface area contributed by atoms with Crippen molar-refractivity contribution in [3.8, 4) is 0 Å². The van der Waals surface area contributed by atoms with Crippen LogP contribution in [0, 0.1) is 13.8 Å². The monoisotopic (exact) mass is 278 g/mol. The minimum absolute atomic E-state index is 0.363. The summed E-state index contributed by atoms with van der Waals surface area (Å²) in [7, 11) is -3.43. The highest BCUT2D eigenvalue weighted by molar-refractivity contribution is 7.89. The molecule has 0 saturated heterocycles. The van der Waals surface area contributed by atoms with Crippen molar-refractivity contribution in [1.29, 1.82) is 0 Å². The molecule has 0 spiro atoms. The van der Waals surface area contributed by atoms with Gasteiger partial charge in [-0.1, -0.05) is 12.1 Å². The second-order valence-electron chi connectivity index (χ2n) is 4.64. The van der Waals surface area contributed by atoms with Gasteiger partial charge in [0.15, 0.2) is 0 Å². The first-order valence-corrected chi connectivity index (χ1v) is 7.66. The highest BCUT2D eigenvalue weighted by atomic mass is 32.2. The smallest absolute Gasteiger partial charge is 0.240 e. The van der Waals surface area contributed by atoms with Crippen LogP contribution in [-0.2, 0) is 16.4 Å². The van der Waals surface area contributed by atoms with Crippen LogP contribution < -0.4 is 4.72 Å². The molecule has 2 N–H and O–H groups in total. The largest absolute Gasteiger partial charge is 0.367 e. The maximum Gasteiger partial charge on any atom is 0.240 e. The Bertz CT molecular complexity index is 646. The van der Waals surface area contributed by atoms with E-state index in [9.17, 15) is 8.42 Å². The molecule has 1 heterocycles. The van der Waals surface area contributed by atoms with Crippen LogP contribution in [0.2, 0.25) is 0 Å². The topological polar surface area (TPSA) is 62.0 Å². The summed E-state index contributed by atoms with van der Waals surface area (Å²) in [4.78, 5) is 3.31. The van der Waals surface area contributed by atoms with Crippen LogP contribution in [0.3, 0.4) is 0 Å². The van der Waals surface area contributed by atoms with Gasteiger partial charge < -0.3 is 4.98 Å². The average Bonchev–Trinajstić information content (AvgIpc) is 2.85. The molecule has 4 nitrogen and oxygen atoms in total. The molecule has 5 heteroatoms. The van der Waals surface area contributed by atoms with Gasteiger partial charge in [0, 0.05) is 18.9 Å². The molecule has 2 rings (SSSR count). The van der Waals surface area contributed by atoms with Gasteiger partial charge in [0.1, 0.15) is 0 Å². The molecular formula is C14H18N2O2S. The highest BCUT2D eigenvalue weighted by Gasteiger charge is 2.16. The van der Waals surface area contributed by atoms with E-state index in [1.807, 2.05) is 37.5 Å². The molecule has 0 unspecified atom stereocenters. The van der Waals surface area contributed by atoms with Gasteiger partial charge in [0.2, 0.25) is 10.0 Å². The molecule has 0 fully saturated rings. The summed E-state index contributed by atoms with van der Waals surface area (Å²) in [5.41, 5.74) is 2.79. The molecular weight excluding hydrogens is 260 g/mol. The van der Waals surface area contributed by atoms with E-state index in [0.717, 1.165) is 16.7 Å². The molecule has 1 aromatic heterocycles. The number of aromatic amines is 1. The van der Waals surface area contributed by atoms with Gasteiger partial charge in [-0.15, -0.1) is 0 Å². The Kier molecular flexibility index (Phi) is 4.07. The molecule has 19 heavy (non-hydrogen) atoms. The highest BCUT2D eigenvalue weighted by Crippen LogP contribution is 2.16. The number of hydrogen-bond acceptors (Lipinski definition) is 2. The summed E-state index contributed by atoms with van der Waals surface area (Å²) in [6, 6.07) is 7.38. The number of aromatic nitrogens is 1. The second kappa shape index (κ2) is 5.59. The standard InChI is InChI=1S/C14H18N2O2S/c1-11-3-4-12(2)14(9-11)19(17,18)16-8-6-13-5-7-15-10-13/h3-5,7,9-10,15-16H,6,8H2,1-2H3. The van der Waals surface area contributed by atoms with E-state index in [4.69, 9.17) is 0 Å². The Morgan fingerprint density at radius 2 is 2.00 bits per heavy atom. The van der Waals surface area contributed by atoms with Gasteiger partial charge in [-0.2, -0.15) is 0 Å². The number of hydrogen-bond donors (Lipinski definition) is 2. The minimum Gasteiger partial charge on any atom is -0.367 e. The van der Waals surface area contributed by atoms with Crippen molar-refractivity contribution < 1.29 is 8.42 Å². The van der Waals surface area contributed by atoms with Crippen molar-refractivity contribution >= 4 is 10.0 Å². The first-order valence-electron chi connectivity index (χ1n) is 6.17. The Labute approximate surface area is 113 Å². The molecule has 0 bridgehead atoms. The molecule has 0 atom stereocenters. The third-order valence-corrected chi connectivity index (χ3v) is 4.60. The number of sulfonamides is 1. The van der Waals surface area contributed by atoms with Gasteiger partial charge in [0.25, 0.3) is 0 Å². The van der Waals surface area contributed by atoms with Crippen LogP contribution in [0.15, 0.2) is 41.6 Å². The van der Waals surface area contributed by atoms with Crippen LogP contribution in [0.4, 0.5) is 0 Å². The quantitative estimate of drug-likeness (QED) is 0.880. The van der Waals surface area contributed by atoms with Crippen LogP contribution in [0.5, 0.6) is 0 Å². The lowest BCUT2D eigenvalue weighted by Crippen LogP contribution is -2.26. The molecule has 0 aliphatic heterocycles. The van der Waals surface area contributed by atoms with E-state index in [1.54, 1.807) is 13.0 Å². The number of benzene rings is 1. The number of aryl methyl sites for hydroxylation is 2. The van der Waals surface area contributed by atoms with Gasteiger partial charge in [0.05, 0.1) is 4.90 Å². The Balaban J connectivity index is 2.07. The van der Waals surface area contributed by atoms with Crippen molar-refractivity contribution in [2.45, 2.75) is 25.2 Å². The van der Waals surface area contributed by atoms with Gasteiger partial charge >= 0.3 is 0 Å². The molecule has 0 aliphatic rings. The number of nitrogens with one attached hydrogen (secondary N) is 2. The van der Waals surface area contributed by atoms with Gasteiger partial charge in [-0.3, -0.25) is 0 Å². The minimum atomic E-state index is -3.43. The molecule has 102 valence electrons. The van der Waals surface area contributed by atoms with E-state index in [2.05, 4.69) is 9.71 Å². The fourth-order valence-electron chi connectivity index (χ4n) is 1.92. The summed E-state index contributed by atoms with van der Waals surface area (Å²) >= 11 is 0. The first kappa shape index (κ1) is 13.8. The molecule has 0 radical (unpaired) electrons. The molecule has 1 aromatic carbocycles. The third-order valence-electron chi connectivity index (χ3n) is 3.00. The van der Waals surface area contributed by atoms with Gasteiger partial charge in [-0.25, -0.2) is 13.1 Å². The van der Waals surface area contributed by atoms with Crippen LogP contribution in [-0.4, -0.2) is 19.9 Å². The van der Waals surface area contributed by atoms with Crippen LogP contribution in [0.1, 0.15) is 16.7 Å². The summed E-state index contributed by atoms with van der Waals surface area (Å²) < 4.78 is 27.1. The maximum absolute atomic E-state index is 12.2. The van der Waals surface area contributed by atoms with E-state index in [1.165, 1.54) is 0 Å². The lowest BCUT2D eigenvalue weighted by Gasteiger charge is -2.09. The summed E-state index contributed by atoms with van der Waals surface area (Å²) in [6.45, 7) is 4.09. The third kappa shape index (κ3) is 3.45. The molecule has 0 amide bonds. The summed E-state index contributed by atoms with van der Waals surface area (Å²) in [5.74, 6) is 0. The lowest BCUT2D eigenvalue weighted by atomic mass is 10.2. The number of H-pyrrole nitrogens is 1. The van der Waals surface area contributed by atoms with E-state index < -0.39 is 10.0 Å². The van der Waals surface area contributed by atoms with E-state index in [0.29, 0.717) is 17.9 Å². The zero-order chi connectivity index (χ0) is 13.9. The van der Waals surface area contributed by atoms with E-state index >= 15 is 0 Å². The average molecular weight is 278 g/mol. The summed E-state index contributed by atoms with van der Waals surface area (Å²) in [6.07, 6.45) is 4.37. The fraction of sp³-hybridized carbons (Fsp3) is 0.286. The van der Waals surface area contributed by atoms with Crippen LogP contribution in [0.25, 0.3) is 0 Å². The SMILES string of the molecule is Cc1ccc(C)c(S(=O)(=O)NCCc2cc[nH]c2)c1. The molecule has 0 aliphatic carbocycles. The van der Waals surface area contributed by atoms with Crippen molar-refractivity contribution in [2.24, 2.45) is 0 Å².